The lowest BCUT2D eigenvalue weighted by Gasteiger charge is -2.42. The fraction of sp³-hybridized carbons (Fsp3) is 0.455. The minimum atomic E-state index is 0.512. The lowest BCUT2D eigenvalue weighted by Crippen LogP contribution is -2.56. The first-order chi connectivity index (χ1) is 7.75. The molecule has 16 heavy (non-hydrogen) atoms. The Morgan fingerprint density at radius 2 is 2.00 bits per heavy atom. The molecule has 1 aromatic carbocycles. The van der Waals surface area contributed by atoms with Crippen LogP contribution in [0.1, 0.15) is 0 Å². The SMILES string of the molecule is Clc1cc2c(cc1Cl)N1CCNC[C@@H]1CN2. The number of rotatable bonds is 0. The van der Waals surface area contributed by atoms with Crippen molar-refractivity contribution in [2.24, 2.45) is 0 Å². The van der Waals surface area contributed by atoms with E-state index in [2.05, 4.69) is 15.5 Å². The van der Waals surface area contributed by atoms with E-state index in [9.17, 15) is 0 Å². The standard InChI is InChI=1S/C11H13Cl2N3/c12-8-3-10-11(4-9(8)13)16-2-1-14-5-7(16)6-15-10/h3-4,7,14-15H,1-2,5-6H2/t7-/m1/s1. The summed E-state index contributed by atoms with van der Waals surface area (Å²) in [5.41, 5.74) is 2.26. The highest BCUT2D eigenvalue weighted by Gasteiger charge is 2.28. The molecule has 2 aliphatic heterocycles. The van der Waals surface area contributed by atoms with Crippen molar-refractivity contribution in [3.05, 3.63) is 22.2 Å². The summed E-state index contributed by atoms with van der Waals surface area (Å²) in [5.74, 6) is 0. The third-order valence-corrected chi connectivity index (χ3v) is 3.95. The molecule has 86 valence electrons. The first-order valence-electron chi connectivity index (χ1n) is 5.46. The normalized spacial score (nSPS) is 23.4. The molecular weight excluding hydrogens is 245 g/mol. The molecule has 2 N–H and O–H groups in total. The Morgan fingerprint density at radius 1 is 1.19 bits per heavy atom. The van der Waals surface area contributed by atoms with E-state index in [1.165, 1.54) is 5.69 Å². The maximum atomic E-state index is 6.07. The Morgan fingerprint density at radius 3 is 2.88 bits per heavy atom. The van der Waals surface area contributed by atoms with Crippen LogP contribution in [0.15, 0.2) is 12.1 Å². The number of fused-ring (bicyclic) bond motifs is 3. The maximum absolute atomic E-state index is 6.07. The zero-order valence-electron chi connectivity index (χ0n) is 8.76. The number of anilines is 2. The number of hydrogen-bond donors (Lipinski definition) is 2. The molecule has 2 aliphatic rings. The number of benzene rings is 1. The third-order valence-electron chi connectivity index (χ3n) is 3.23. The number of nitrogens with one attached hydrogen (secondary N) is 2. The number of halogens is 2. The van der Waals surface area contributed by atoms with Crippen molar-refractivity contribution >= 4 is 34.6 Å². The van der Waals surface area contributed by atoms with Gasteiger partial charge in [0.15, 0.2) is 0 Å². The van der Waals surface area contributed by atoms with E-state index in [-0.39, 0.29) is 0 Å². The van der Waals surface area contributed by atoms with Gasteiger partial charge in [0.1, 0.15) is 0 Å². The van der Waals surface area contributed by atoms with Gasteiger partial charge in [0.2, 0.25) is 0 Å². The molecular formula is C11H13Cl2N3. The zero-order valence-corrected chi connectivity index (χ0v) is 10.3. The highest BCUT2D eigenvalue weighted by molar-refractivity contribution is 6.42. The monoisotopic (exact) mass is 257 g/mol. The molecule has 1 aromatic rings. The predicted molar refractivity (Wildman–Crippen MR) is 69.0 cm³/mol. The molecule has 0 bridgehead atoms. The van der Waals surface area contributed by atoms with Crippen LogP contribution in [-0.4, -0.2) is 32.2 Å². The number of nitrogens with zero attached hydrogens (tertiary/aromatic N) is 1. The second-order valence-electron chi connectivity index (χ2n) is 4.22. The van der Waals surface area contributed by atoms with Gasteiger partial charge in [-0.1, -0.05) is 23.2 Å². The second-order valence-corrected chi connectivity index (χ2v) is 5.03. The van der Waals surface area contributed by atoms with Gasteiger partial charge >= 0.3 is 0 Å². The van der Waals surface area contributed by atoms with Crippen molar-refractivity contribution in [2.75, 3.05) is 36.4 Å². The molecule has 5 heteroatoms. The summed E-state index contributed by atoms with van der Waals surface area (Å²) in [4.78, 5) is 2.41. The van der Waals surface area contributed by atoms with E-state index < -0.39 is 0 Å². The molecule has 3 rings (SSSR count). The third kappa shape index (κ3) is 1.63. The Hall–Kier alpha value is -0.640. The molecule has 0 aliphatic carbocycles. The largest absolute Gasteiger partial charge is 0.381 e. The Labute approximate surface area is 105 Å². The van der Waals surface area contributed by atoms with Gasteiger partial charge in [0.25, 0.3) is 0 Å². The van der Waals surface area contributed by atoms with Crippen LogP contribution in [0, 0.1) is 0 Å². The lowest BCUT2D eigenvalue weighted by atomic mass is 10.1. The quantitative estimate of drug-likeness (QED) is 0.747. The van der Waals surface area contributed by atoms with Crippen molar-refractivity contribution in [1.82, 2.24) is 5.32 Å². The fourth-order valence-corrected chi connectivity index (χ4v) is 2.73. The average Bonchev–Trinajstić information content (AvgIpc) is 2.31. The highest BCUT2D eigenvalue weighted by atomic mass is 35.5. The molecule has 0 saturated carbocycles. The molecule has 0 spiro atoms. The smallest absolute Gasteiger partial charge is 0.0622 e. The minimum Gasteiger partial charge on any atom is -0.381 e. The van der Waals surface area contributed by atoms with Crippen LogP contribution in [0.25, 0.3) is 0 Å². The topological polar surface area (TPSA) is 27.3 Å². The van der Waals surface area contributed by atoms with E-state index in [4.69, 9.17) is 23.2 Å². The van der Waals surface area contributed by atoms with Crippen LogP contribution in [0.2, 0.25) is 10.0 Å². The van der Waals surface area contributed by atoms with Crippen LogP contribution in [-0.2, 0) is 0 Å². The van der Waals surface area contributed by atoms with Crippen LogP contribution < -0.4 is 15.5 Å². The average molecular weight is 258 g/mol. The van der Waals surface area contributed by atoms with E-state index in [0.717, 1.165) is 31.9 Å². The first-order valence-corrected chi connectivity index (χ1v) is 6.21. The summed E-state index contributed by atoms with van der Waals surface area (Å²) in [6, 6.07) is 4.39. The second kappa shape index (κ2) is 3.99. The molecule has 0 radical (unpaired) electrons. The van der Waals surface area contributed by atoms with Crippen molar-refractivity contribution in [3.8, 4) is 0 Å². The maximum Gasteiger partial charge on any atom is 0.0622 e. The highest BCUT2D eigenvalue weighted by Crippen LogP contribution is 2.38. The van der Waals surface area contributed by atoms with Gasteiger partial charge in [-0.25, -0.2) is 0 Å². The minimum absolute atomic E-state index is 0.512. The molecule has 1 saturated heterocycles. The summed E-state index contributed by atoms with van der Waals surface area (Å²) < 4.78 is 0. The molecule has 3 nitrogen and oxygen atoms in total. The van der Waals surface area contributed by atoms with Crippen molar-refractivity contribution in [1.29, 1.82) is 0 Å². The van der Waals surface area contributed by atoms with Gasteiger partial charge in [-0.3, -0.25) is 0 Å². The summed E-state index contributed by atoms with van der Waals surface area (Å²) >= 11 is 12.1. The van der Waals surface area contributed by atoms with Gasteiger partial charge in [-0.05, 0) is 12.1 Å². The number of piperazine rings is 1. The summed E-state index contributed by atoms with van der Waals surface area (Å²) in [6.07, 6.45) is 0. The van der Waals surface area contributed by atoms with Crippen molar-refractivity contribution in [3.63, 3.8) is 0 Å². The molecule has 0 unspecified atom stereocenters. The molecule has 1 atom stereocenters. The van der Waals surface area contributed by atoms with Gasteiger partial charge in [0, 0.05) is 26.2 Å². The van der Waals surface area contributed by atoms with Crippen LogP contribution >= 0.6 is 23.2 Å². The van der Waals surface area contributed by atoms with Gasteiger partial charge in [-0.2, -0.15) is 0 Å². The predicted octanol–water partition coefficient (Wildman–Crippen LogP) is 2.20. The Bertz CT molecular complexity index is 422. The van der Waals surface area contributed by atoms with E-state index in [0.29, 0.717) is 16.1 Å². The molecule has 0 amide bonds. The fourth-order valence-electron chi connectivity index (χ4n) is 2.40. The summed E-state index contributed by atoms with van der Waals surface area (Å²) in [5, 5.41) is 8.04. The molecule has 1 fully saturated rings. The summed E-state index contributed by atoms with van der Waals surface area (Å²) in [6.45, 7) is 4.03. The van der Waals surface area contributed by atoms with Crippen LogP contribution in [0.4, 0.5) is 11.4 Å². The van der Waals surface area contributed by atoms with Gasteiger partial charge in [-0.15, -0.1) is 0 Å². The van der Waals surface area contributed by atoms with Crippen LogP contribution in [0.3, 0.4) is 0 Å². The Kier molecular flexibility index (Phi) is 2.62. The van der Waals surface area contributed by atoms with Gasteiger partial charge in [0.05, 0.1) is 27.5 Å². The van der Waals surface area contributed by atoms with Crippen molar-refractivity contribution in [2.45, 2.75) is 6.04 Å². The molecule has 0 aromatic heterocycles. The van der Waals surface area contributed by atoms with E-state index >= 15 is 0 Å². The molecule has 2 heterocycles. The summed E-state index contributed by atoms with van der Waals surface area (Å²) in [7, 11) is 0. The number of hydrogen-bond acceptors (Lipinski definition) is 3. The zero-order chi connectivity index (χ0) is 11.1. The van der Waals surface area contributed by atoms with E-state index in [1.807, 2.05) is 12.1 Å². The van der Waals surface area contributed by atoms with E-state index in [1.54, 1.807) is 0 Å². The van der Waals surface area contributed by atoms with Crippen molar-refractivity contribution < 1.29 is 0 Å². The Balaban J connectivity index is 2.04. The lowest BCUT2D eigenvalue weighted by molar-refractivity contribution is 0.482. The van der Waals surface area contributed by atoms with Gasteiger partial charge < -0.3 is 15.5 Å². The first kappa shape index (κ1) is 10.5. The van der Waals surface area contributed by atoms with Crippen LogP contribution in [0.5, 0.6) is 0 Å².